The Kier molecular flexibility index (Phi) is 5.55. The number of carbonyl (C=O) groups excluding carboxylic acids is 1. The van der Waals surface area contributed by atoms with E-state index in [1.807, 2.05) is 6.92 Å². The highest BCUT2D eigenvalue weighted by Crippen LogP contribution is 2.36. The van der Waals surface area contributed by atoms with E-state index in [0.717, 1.165) is 25.7 Å². The van der Waals surface area contributed by atoms with E-state index in [1.165, 1.54) is 12.8 Å². The summed E-state index contributed by atoms with van der Waals surface area (Å²) in [7, 11) is 0. The van der Waals surface area contributed by atoms with E-state index in [9.17, 15) is 4.79 Å². The first-order valence-corrected chi connectivity index (χ1v) is 6.38. The maximum Gasteiger partial charge on any atom is 0.141 e. The highest BCUT2D eigenvalue weighted by Gasteiger charge is 2.35. The number of carbonyl (C=O) groups is 1. The van der Waals surface area contributed by atoms with Crippen LogP contribution in [-0.2, 0) is 4.79 Å². The number of Topliss-reactive ketones (excluding diaryl/α,β-unsaturated/α-hetero) is 1. The van der Waals surface area contributed by atoms with Gasteiger partial charge in [-0.05, 0) is 19.8 Å². The number of ketones is 1. The third-order valence-corrected chi connectivity index (χ3v) is 3.70. The summed E-state index contributed by atoms with van der Waals surface area (Å²) >= 11 is 0. The lowest BCUT2D eigenvalue weighted by molar-refractivity contribution is -0.129. The van der Waals surface area contributed by atoms with Gasteiger partial charge in [-0.3, -0.25) is 4.79 Å². The summed E-state index contributed by atoms with van der Waals surface area (Å²) in [5.74, 6) is 6.15. The molecule has 0 aliphatic heterocycles. The molecule has 2 heteroatoms. The first kappa shape index (κ1) is 13.3. The number of hydrogen-bond donors (Lipinski definition) is 1. The largest absolute Gasteiger partial charge is 0.329 e. The molecule has 1 aliphatic rings. The highest BCUT2D eigenvalue weighted by atomic mass is 16.1. The molecule has 1 rings (SSSR count). The van der Waals surface area contributed by atoms with Crippen LogP contribution in [0.3, 0.4) is 0 Å². The van der Waals surface area contributed by atoms with E-state index < -0.39 is 0 Å². The fourth-order valence-electron chi connectivity index (χ4n) is 2.57. The van der Waals surface area contributed by atoms with Crippen molar-refractivity contribution in [3.63, 3.8) is 0 Å². The van der Waals surface area contributed by atoms with Crippen molar-refractivity contribution in [2.45, 2.75) is 58.3 Å². The lowest BCUT2D eigenvalue weighted by Gasteiger charge is -2.29. The first-order chi connectivity index (χ1) is 7.75. The topological polar surface area (TPSA) is 43.1 Å². The fraction of sp³-hybridized carbons (Fsp3) is 0.786. The molecule has 0 spiro atoms. The molecule has 1 fully saturated rings. The maximum absolute atomic E-state index is 12.2. The van der Waals surface area contributed by atoms with Crippen LogP contribution in [0, 0.1) is 17.3 Å². The van der Waals surface area contributed by atoms with Crippen LogP contribution in [0.5, 0.6) is 0 Å². The average molecular weight is 221 g/mol. The zero-order valence-corrected chi connectivity index (χ0v) is 10.3. The van der Waals surface area contributed by atoms with Crippen LogP contribution in [0.2, 0.25) is 0 Å². The Morgan fingerprint density at radius 3 is 2.38 bits per heavy atom. The number of nitrogens with two attached hydrogens (primary N) is 1. The van der Waals surface area contributed by atoms with Crippen LogP contribution in [0.4, 0.5) is 0 Å². The van der Waals surface area contributed by atoms with Gasteiger partial charge in [0.25, 0.3) is 0 Å². The molecule has 2 N–H and O–H groups in total. The van der Waals surface area contributed by atoms with Gasteiger partial charge in [-0.2, -0.15) is 0 Å². The Labute approximate surface area is 99.0 Å². The van der Waals surface area contributed by atoms with Gasteiger partial charge in [0, 0.05) is 24.8 Å². The molecular weight excluding hydrogens is 198 g/mol. The Hall–Kier alpha value is -0.810. The van der Waals surface area contributed by atoms with Gasteiger partial charge >= 0.3 is 0 Å². The van der Waals surface area contributed by atoms with Crippen LogP contribution < -0.4 is 5.73 Å². The monoisotopic (exact) mass is 221 g/mol. The smallest absolute Gasteiger partial charge is 0.141 e. The van der Waals surface area contributed by atoms with Crippen LogP contribution in [0.1, 0.15) is 58.3 Å². The van der Waals surface area contributed by atoms with Crippen molar-refractivity contribution in [1.29, 1.82) is 0 Å². The normalized spacial score (nSPS) is 19.4. The summed E-state index contributed by atoms with van der Waals surface area (Å²) in [6.07, 6.45) is 8.07. The summed E-state index contributed by atoms with van der Waals surface area (Å²) in [6.45, 7) is 2.33. The summed E-state index contributed by atoms with van der Waals surface area (Å²) < 4.78 is 0. The quantitative estimate of drug-likeness (QED) is 0.586. The molecule has 1 saturated carbocycles. The van der Waals surface area contributed by atoms with E-state index in [4.69, 9.17) is 5.73 Å². The minimum Gasteiger partial charge on any atom is -0.329 e. The summed E-state index contributed by atoms with van der Waals surface area (Å²) in [4.78, 5) is 12.2. The number of rotatable bonds is 4. The Bertz CT molecular complexity index is 277. The van der Waals surface area contributed by atoms with Crippen LogP contribution >= 0.6 is 0 Å². The molecule has 1 aliphatic carbocycles. The van der Waals surface area contributed by atoms with Crippen molar-refractivity contribution < 1.29 is 4.79 Å². The number of hydrogen-bond acceptors (Lipinski definition) is 2. The molecule has 0 aromatic rings. The third kappa shape index (κ3) is 3.35. The van der Waals surface area contributed by atoms with Crippen molar-refractivity contribution in [2.24, 2.45) is 11.1 Å². The first-order valence-electron chi connectivity index (χ1n) is 6.38. The molecule has 0 aromatic heterocycles. The predicted octanol–water partition coefficient (Wildman–Crippen LogP) is 2.66. The second kappa shape index (κ2) is 6.70. The third-order valence-electron chi connectivity index (χ3n) is 3.70. The van der Waals surface area contributed by atoms with Gasteiger partial charge in [0.05, 0.1) is 0 Å². The summed E-state index contributed by atoms with van der Waals surface area (Å²) in [6, 6.07) is 0. The van der Waals surface area contributed by atoms with Gasteiger partial charge in [-0.1, -0.05) is 25.7 Å². The fourth-order valence-corrected chi connectivity index (χ4v) is 2.57. The van der Waals surface area contributed by atoms with E-state index >= 15 is 0 Å². The minimum atomic E-state index is -0.216. The lowest BCUT2D eigenvalue weighted by Crippen LogP contribution is -2.38. The molecule has 0 radical (unpaired) electrons. The molecule has 16 heavy (non-hydrogen) atoms. The zero-order valence-electron chi connectivity index (χ0n) is 10.3. The molecule has 2 nitrogen and oxygen atoms in total. The van der Waals surface area contributed by atoms with Crippen molar-refractivity contribution >= 4 is 5.78 Å². The molecule has 0 heterocycles. The van der Waals surface area contributed by atoms with Crippen molar-refractivity contribution in [3.05, 3.63) is 0 Å². The van der Waals surface area contributed by atoms with Gasteiger partial charge in [-0.25, -0.2) is 0 Å². The lowest BCUT2D eigenvalue weighted by atomic mass is 9.75. The molecule has 90 valence electrons. The van der Waals surface area contributed by atoms with Gasteiger partial charge in [0.1, 0.15) is 5.78 Å². The van der Waals surface area contributed by atoms with Gasteiger partial charge < -0.3 is 5.73 Å². The predicted molar refractivity (Wildman–Crippen MR) is 66.9 cm³/mol. The van der Waals surface area contributed by atoms with Crippen LogP contribution in [-0.4, -0.2) is 12.3 Å². The van der Waals surface area contributed by atoms with Crippen molar-refractivity contribution in [3.8, 4) is 11.8 Å². The van der Waals surface area contributed by atoms with Gasteiger partial charge in [-0.15, -0.1) is 11.8 Å². The van der Waals surface area contributed by atoms with Crippen molar-refractivity contribution in [1.82, 2.24) is 0 Å². The summed E-state index contributed by atoms with van der Waals surface area (Å²) in [5.41, 5.74) is 5.64. The molecular formula is C14H23NO. The second-order valence-corrected chi connectivity index (χ2v) is 4.75. The Morgan fingerprint density at radius 2 is 1.88 bits per heavy atom. The molecule has 0 amide bonds. The van der Waals surface area contributed by atoms with Crippen molar-refractivity contribution in [2.75, 3.05) is 6.54 Å². The Morgan fingerprint density at radius 1 is 1.25 bits per heavy atom. The molecule has 0 unspecified atom stereocenters. The standard InChI is InChI=1S/C14H23NO/c1-2-3-6-9-13(16)14(12-15)10-7-4-5-8-11-14/h4-12,15H2,1H3. The second-order valence-electron chi connectivity index (χ2n) is 4.75. The van der Waals surface area contributed by atoms with Gasteiger partial charge in [0.2, 0.25) is 0 Å². The highest BCUT2D eigenvalue weighted by molar-refractivity contribution is 5.85. The maximum atomic E-state index is 12.2. The minimum absolute atomic E-state index is 0.216. The molecule has 0 bridgehead atoms. The Balaban J connectivity index is 2.60. The molecule has 0 saturated heterocycles. The van der Waals surface area contributed by atoms with E-state index in [0.29, 0.717) is 25.2 Å². The average Bonchev–Trinajstić information content (AvgIpc) is 2.55. The zero-order chi connectivity index (χ0) is 11.9. The SMILES string of the molecule is CC#CCCC(=O)C1(CN)CCCCCC1. The summed E-state index contributed by atoms with van der Waals surface area (Å²) in [5, 5.41) is 0. The van der Waals surface area contributed by atoms with E-state index in [1.54, 1.807) is 0 Å². The van der Waals surface area contributed by atoms with Gasteiger partial charge in [0.15, 0.2) is 0 Å². The van der Waals surface area contributed by atoms with E-state index in [-0.39, 0.29) is 5.41 Å². The molecule has 0 aromatic carbocycles. The van der Waals surface area contributed by atoms with Crippen LogP contribution in [0.15, 0.2) is 0 Å². The van der Waals surface area contributed by atoms with E-state index in [2.05, 4.69) is 11.8 Å². The van der Waals surface area contributed by atoms with Crippen LogP contribution in [0.25, 0.3) is 0 Å². The molecule has 0 atom stereocenters.